The predicted molar refractivity (Wildman–Crippen MR) is 334 cm³/mol. The molecule has 8 rings (SSSR count). The van der Waals surface area contributed by atoms with E-state index in [1.54, 1.807) is 76.5 Å². The molecule has 88 heavy (non-hydrogen) atoms. The number of carbonyl (C=O) groups excluding carboxylic acids is 8. The largest absolute Gasteiger partial charge is 0.343 e. The van der Waals surface area contributed by atoms with Crippen molar-refractivity contribution in [3.63, 3.8) is 0 Å². The fraction of sp³-hybridized carbons (Fsp3) is 0.500. The Bertz CT molecular complexity index is 3050. The van der Waals surface area contributed by atoms with Crippen molar-refractivity contribution in [1.82, 2.24) is 51.5 Å². The molecule has 2 saturated carbocycles. The minimum absolute atomic E-state index is 0.0747. The van der Waals surface area contributed by atoms with Gasteiger partial charge in [-0.25, -0.2) is 8.78 Å². The zero-order chi connectivity index (χ0) is 62.7. The Hall–Kier alpha value is -7.84. The summed E-state index contributed by atoms with van der Waals surface area (Å²) in [7, 11) is 3.33. The monoisotopic (exact) mass is 1210 g/mol. The first-order valence-corrected chi connectivity index (χ1v) is 31.5. The van der Waals surface area contributed by atoms with Gasteiger partial charge in [-0.05, 0) is 150 Å². The molecule has 2 aliphatic heterocycles. The number of rotatable bonds is 26. The molecular weight excluding hydrogens is 1120 g/mol. The summed E-state index contributed by atoms with van der Waals surface area (Å²) in [6, 6.07) is 28.7. The summed E-state index contributed by atoms with van der Waals surface area (Å²) in [4.78, 5) is 117. The third-order valence-electron chi connectivity index (χ3n) is 18.1. The molecule has 4 fully saturated rings. The quantitative estimate of drug-likeness (QED) is 0.0378. The number of benzene rings is 4. The Morgan fingerprint density at radius 1 is 0.545 bits per heavy atom. The lowest BCUT2D eigenvalue weighted by atomic mass is 9.83. The van der Waals surface area contributed by atoms with E-state index < -0.39 is 72.1 Å². The van der Waals surface area contributed by atoms with E-state index in [2.05, 4.69) is 31.9 Å². The van der Waals surface area contributed by atoms with Crippen molar-refractivity contribution in [2.45, 2.75) is 146 Å². The standard InChI is InChI=1S/C68H88F2N10O8/c1-45(71-3)63(83)75-61(51-21-13-7-14-22-51)67(87)79-39-35-55(69)57(79)43-77(37-33-47-17-9-5-10-18-47)59(81)41-73-65(85)53-29-25-49(26-30-53)50-27-31-54(32-28-50)66(86)74-42-60(82)78(38-34-48-19-11-6-12-20-48)44-58-56(70)36-40-80(58)68(88)62(52-23-15-8-16-24-52)76-64(84)46(2)72-4/h5-6,9-12,17-20,25-32,45-46,51,55-58,61,71-72H,7-8,13-16,21-24,33-44H2,1-4H3,(H,73,85)(H,74,86)(H,75,83)(H,76,84)/t45-,46-,55-,56-,57+,58+,61-/m0/s1. The number of nitrogens with one attached hydrogen (secondary N) is 6. The Morgan fingerprint density at radius 3 is 1.47 bits per heavy atom. The van der Waals surface area contributed by atoms with Crippen molar-refractivity contribution in [1.29, 1.82) is 0 Å². The first-order valence-electron chi connectivity index (χ1n) is 31.5. The van der Waals surface area contributed by atoms with Crippen molar-refractivity contribution in [3.05, 3.63) is 143 Å². The summed E-state index contributed by atoms with van der Waals surface area (Å²) in [6.07, 6.45) is 6.75. The van der Waals surface area contributed by atoms with Gasteiger partial charge >= 0.3 is 0 Å². The number of likely N-dealkylation sites (N-methyl/N-ethyl adjacent to an activating group) is 2. The number of hydrogen-bond acceptors (Lipinski definition) is 10. The van der Waals surface area contributed by atoms with Gasteiger partial charge in [0.1, 0.15) is 24.1 Å². The highest BCUT2D eigenvalue weighted by Gasteiger charge is 2.45. The first kappa shape index (κ1) is 66.1. The Kier molecular flexibility index (Phi) is 24.3. The maximum absolute atomic E-state index is 16.1. The second kappa shape index (κ2) is 32.4. The number of allylic oxidation sites excluding steroid dienone is 1. The molecule has 4 aliphatic rings. The molecule has 20 heteroatoms. The number of likely N-dealkylation sites (tertiary alicyclic amines) is 2. The van der Waals surface area contributed by atoms with E-state index in [1.807, 2.05) is 60.7 Å². The van der Waals surface area contributed by atoms with E-state index in [1.165, 1.54) is 19.6 Å². The lowest BCUT2D eigenvalue weighted by Gasteiger charge is -2.37. The normalized spacial score (nSPS) is 19.6. The van der Waals surface area contributed by atoms with Gasteiger partial charge in [0.25, 0.3) is 17.7 Å². The van der Waals surface area contributed by atoms with Crippen LogP contribution < -0.4 is 31.9 Å². The summed E-state index contributed by atoms with van der Waals surface area (Å²) in [5, 5.41) is 17.2. The molecule has 8 amide bonds. The molecule has 0 spiro atoms. The summed E-state index contributed by atoms with van der Waals surface area (Å²) in [6.45, 7) is 3.10. The molecule has 4 aromatic carbocycles. The molecule has 7 atom stereocenters. The second-order valence-corrected chi connectivity index (χ2v) is 23.9. The van der Waals surface area contributed by atoms with Crippen molar-refractivity contribution >= 4 is 47.3 Å². The summed E-state index contributed by atoms with van der Waals surface area (Å²) in [5.41, 5.74) is 4.98. The lowest BCUT2D eigenvalue weighted by molar-refractivity contribution is -0.141. The highest BCUT2D eigenvalue weighted by molar-refractivity contribution is 6.00. The summed E-state index contributed by atoms with van der Waals surface area (Å²) >= 11 is 0. The third kappa shape index (κ3) is 17.7. The van der Waals surface area contributed by atoms with E-state index in [-0.39, 0.29) is 106 Å². The van der Waals surface area contributed by atoms with Gasteiger partial charge in [0, 0.05) is 50.4 Å². The van der Waals surface area contributed by atoms with Gasteiger partial charge in [-0.2, -0.15) is 0 Å². The molecule has 0 unspecified atom stereocenters. The second-order valence-electron chi connectivity index (χ2n) is 23.9. The Labute approximate surface area is 516 Å². The molecule has 0 aromatic heterocycles. The lowest BCUT2D eigenvalue weighted by Crippen LogP contribution is -2.58. The van der Waals surface area contributed by atoms with Crippen LogP contribution in [0, 0.1) is 5.92 Å². The van der Waals surface area contributed by atoms with Crippen LogP contribution in [0.3, 0.4) is 0 Å². The average molecular weight is 1210 g/mol. The molecule has 0 bridgehead atoms. The van der Waals surface area contributed by atoms with Gasteiger partial charge in [0.15, 0.2) is 0 Å². The molecule has 2 heterocycles. The Balaban J connectivity index is 0.882. The van der Waals surface area contributed by atoms with Crippen molar-refractivity contribution < 1.29 is 47.1 Å². The van der Waals surface area contributed by atoms with Crippen LogP contribution in [0.2, 0.25) is 0 Å². The SMILES string of the molecule is CN[C@@H](C)C(=O)NC(C(=O)N1CC[C@H](F)[C@H]1CN(CCc1ccccc1)C(=O)CNC(=O)c1ccc(-c2ccc(C(=O)NCC(=O)N(CCc3ccccc3)C[C@@H]3[C@@H](F)CCN3C(=O)[C@@H](NC(=O)[C@H](C)NC)C3CCCCC3)cc2)cc1)=C1CCCCC1. The van der Waals surface area contributed by atoms with Crippen LogP contribution in [0.4, 0.5) is 8.78 Å². The minimum Gasteiger partial charge on any atom is -0.343 e. The molecular formula is C68H88F2N10O8. The van der Waals surface area contributed by atoms with E-state index in [9.17, 15) is 38.4 Å². The number of alkyl halides is 2. The average Bonchev–Trinajstić information content (AvgIpc) is 3.28. The predicted octanol–water partition coefficient (Wildman–Crippen LogP) is 6.45. The third-order valence-corrected chi connectivity index (χ3v) is 18.1. The van der Waals surface area contributed by atoms with Crippen LogP contribution in [0.25, 0.3) is 11.1 Å². The van der Waals surface area contributed by atoms with Gasteiger partial charge in [0.2, 0.25) is 29.5 Å². The fourth-order valence-corrected chi connectivity index (χ4v) is 12.3. The smallest absolute Gasteiger partial charge is 0.270 e. The summed E-state index contributed by atoms with van der Waals surface area (Å²) < 4.78 is 32.1. The van der Waals surface area contributed by atoms with Gasteiger partial charge < -0.3 is 51.5 Å². The number of nitrogens with zero attached hydrogens (tertiary/aromatic N) is 4. The van der Waals surface area contributed by atoms with E-state index in [0.717, 1.165) is 79.2 Å². The van der Waals surface area contributed by atoms with Crippen LogP contribution in [0.5, 0.6) is 0 Å². The molecule has 4 aromatic rings. The maximum atomic E-state index is 16.1. The summed E-state index contributed by atoms with van der Waals surface area (Å²) in [5.74, 6) is -3.49. The van der Waals surface area contributed by atoms with Crippen LogP contribution in [-0.2, 0) is 41.6 Å². The van der Waals surface area contributed by atoms with Crippen LogP contribution in [-0.4, -0.2) is 176 Å². The molecule has 6 N–H and O–H groups in total. The molecule has 18 nitrogen and oxygen atoms in total. The van der Waals surface area contributed by atoms with Crippen LogP contribution in [0.15, 0.2) is 120 Å². The number of carbonyl (C=O) groups is 8. The molecule has 2 saturated heterocycles. The van der Waals surface area contributed by atoms with Gasteiger partial charge in [-0.1, -0.05) is 111 Å². The highest BCUT2D eigenvalue weighted by atomic mass is 19.1. The maximum Gasteiger partial charge on any atom is 0.270 e. The zero-order valence-corrected chi connectivity index (χ0v) is 51.4. The topological polar surface area (TPSA) is 222 Å². The highest BCUT2D eigenvalue weighted by Crippen LogP contribution is 2.32. The van der Waals surface area contributed by atoms with E-state index >= 15 is 8.78 Å². The van der Waals surface area contributed by atoms with E-state index in [4.69, 9.17) is 0 Å². The first-order chi connectivity index (χ1) is 42.5. The van der Waals surface area contributed by atoms with Gasteiger partial charge in [-0.15, -0.1) is 0 Å². The van der Waals surface area contributed by atoms with E-state index in [0.29, 0.717) is 25.7 Å². The van der Waals surface area contributed by atoms with Crippen molar-refractivity contribution in [3.8, 4) is 11.1 Å². The van der Waals surface area contributed by atoms with Gasteiger partial charge in [-0.3, -0.25) is 38.4 Å². The zero-order valence-electron chi connectivity index (χ0n) is 51.4. The number of amides is 8. The van der Waals surface area contributed by atoms with Crippen LogP contribution in [0.1, 0.15) is 123 Å². The minimum atomic E-state index is -1.43. The van der Waals surface area contributed by atoms with Crippen LogP contribution >= 0.6 is 0 Å². The van der Waals surface area contributed by atoms with Gasteiger partial charge in [0.05, 0.1) is 37.3 Å². The fourth-order valence-electron chi connectivity index (χ4n) is 12.3. The molecule has 2 aliphatic carbocycles. The van der Waals surface area contributed by atoms with Crippen molar-refractivity contribution in [2.75, 3.05) is 66.5 Å². The molecule has 472 valence electrons. The van der Waals surface area contributed by atoms with Crippen molar-refractivity contribution in [2.24, 2.45) is 5.92 Å². The number of hydrogen-bond donors (Lipinski definition) is 6. The number of halogens is 2. The Morgan fingerprint density at radius 2 is 0.989 bits per heavy atom. The molecule has 0 radical (unpaired) electrons.